The minimum absolute atomic E-state index is 0.432. The Kier molecular flexibility index (Phi) is 4.61. The lowest BCUT2D eigenvalue weighted by Crippen LogP contribution is -2.18. The molecule has 0 bridgehead atoms. The van der Waals surface area contributed by atoms with Gasteiger partial charge in [0.15, 0.2) is 0 Å². The van der Waals surface area contributed by atoms with Gasteiger partial charge in [0.25, 0.3) is 0 Å². The second-order valence-corrected chi connectivity index (χ2v) is 2.38. The van der Waals surface area contributed by atoms with E-state index in [1.54, 1.807) is 6.92 Å². The molecule has 0 fully saturated rings. The molecule has 0 radical (unpaired) electrons. The second kappa shape index (κ2) is 4.96. The quantitative estimate of drug-likeness (QED) is 0.362. The van der Waals surface area contributed by atoms with Crippen LogP contribution in [0, 0.1) is 0 Å². The molecule has 0 spiro atoms. The largest absolute Gasteiger partial charge is 0.373 e. The zero-order valence-corrected chi connectivity index (χ0v) is 7.05. The molecule has 1 atom stereocenters. The molecule has 0 saturated carbocycles. The van der Waals surface area contributed by atoms with Gasteiger partial charge in [-0.1, -0.05) is 6.92 Å². The molecule has 0 N–H and O–H groups in total. The fourth-order valence-electron chi connectivity index (χ4n) is 0.319. The summed E-state index contributed by atoms with van der Waals surface area (Å²) in [6.45, 7) is 2.84. The monoisotopic (exact) mass is 180 g/mol. The summed E-state index contributed by atoms with van der Waals surface area (Å²) in [5.41, 5.74) is 0. The van der Waals surface area contributed by atoms with Gasteiger partial charge in [-0.05, 0) is 6.42 Å². The van der Waals surface area contributed by atoms with Gasteiger partial charge < -0.3 is 0 Å². The van der Waals surface area contributed by atoms with Crippen LogP contribution >= 0.6 is 11.6 Å². The first kappa shape index (κ1) is 10.2. The van der Waals surface area contributed by atoms with E-state index in [1.165, 1.54) is 0 Å². The third kappa shape index (κ3) is 4.61. The van der Waals surface area contributed by atoms with E-state index in [4.69, 9.17) is 11.6 Å². The molecule has 0 aliphatic heterocycles. The van der Waals surface area contributed by atoms with Crippen molar-refractivity contribution in [1.82, 2.24) is 0 Å². The van der Waals surface area contributed by atoms with Crippen molar-refractivity contribution in [3.05, 3.63) is 0 Å². The van der Waals surface area contributed by atoms with Crippen molar-refractivity contribution in [3.8, 4) is 0 Å². The molecule has 0 aromatic carbocycles. The molecule has 5 heteroatoms. The number of carbonyl (C=O) groups is 2. The molecule has 0 aliphatic rings. The van der Waals surface area contributed by atoms with E-state index >= 15 is 0 Å². The Morgan fingerprint density at radius 1 is 1.45 bits per heavy atom. The summed E-state index contributed by atoms with van der Waals surface area (Å²) in [7, 11) is 0. The topological polar surface area (TPSA) is 52.6 Å². The summed E-state index contributed by atoms with van der Waals surface area (Å²) in [5.74, 6) is -1.43. The van der Waals surface area contributed by atoms with Gasteiger partial charge in [-0.25, -0.2) is 19.4 Å². The maximum atomic E-state index is 10.6. The molecule has 0 aromatic rings. The van der Waals surface area contributed by atoms with Crippen LogP contribution in [0.4, 0.5) is 0 Å². The van der Waals surface area contributed by atoms with Crippen molar-refractivity contribution in [3.63, 3.8) is 0 Å². The highest BCUT2D eigenvalue weighted by Gasteiger charge is 2.16. The summed E-state index contributed by atoms with van der Waals surface area (Å²) in [4.78, 5) is 28.8. The first-order valence-corrected chi connectivity index (χ1v) is 3.54. The van der Waals surface area contributed by atoms with E-state index in [-0.39, 0.29) is 0 Å². The summed E-state index contributed by atoms with van der Waals surface area (Å²) in [6, 6.07) is 0. The Morgan fingerprint density at radius 3 is 2.36 bits per heavy atom. The molecule has 0 heterocycles. The number of rotatable bonds is 2. The lowest BCUT2D eigenvalue weighted by atomic mass is 10.3. The molecule has 64 valence electrons. The summed E-state index contributed by atoms with van der Waals surface area (Å²) in [6.07, 6.45) is 0.432. The zero-order chi connectivity index (χ0) is 8.85. The van der Waals surface area contributed by atoms with Crippen molar-refractivity contribution >= 4 is 23.5 Å². The number of hydrogen-bond acceptors (Lipinski definition) is 4. The van der Waals surface area contributed by atoms with Gasteiger partial charge >= 0.3 is 11.9 Å². The van der Waals surface area contributed by atoms with Gasteiger partial charge in [-0.2, -0.15) is 0 Å². The van der Waals surface area contributed by atoms with Crippen LogP contribution in [0.2, 0.25) is 0 Å². The van der Waals surface area contributed by atoms with Gasteiger partial charge in [0.1, 0.15) is 5.38 Å². The highest BCUT2D eigenvalue weighted by molar-refractivity contribution is 6.29. The Hall–Kier alpha value is -0.770. The van der Waals surface area contributed by atoms with Crippen molar-refractivity contribution in [2.45, 2.75) is 25.6 Å². The minimum Gasteiger partial charge on any atom is -0.248 e. The third-order valence-electron chi connectivity index (χ3n) is 0.855. The van der Waals surface area contributed by atoms with Crippen LogP contribution in [0.3, 0.4) is 0 Å². The summed E-state index contributed by atoms with van der Waals surface area (Å²) in [5, 5.41) is -0.755. The molecule has 0 aromatic heterocycles. The van der Waals surface area contributed by atoms with Crippen molar-refractivity contribution in [2.24, 2.45) is 0 Å². The Morgan fingerprint density at radius 2 is 2.00 bits per heavy atom. The fraction of sp³-hybridized carbons (Fsp3) is 0.667. The average molecular weight is 181 g/mol. The highest BCUT2D eigenvalue weighted by atomic mass is 35.5. The minimum atomic E-state index is -0.755. The molecule has 11 heavy (non-hydrogen) atoms. The molecule has 0 saturated heterocycles. The number of carbonyl (C=O) groups excluding carboxylic acids is 2. The van der Waals surface area contributed by atoms with E-state index in [1.807, 2.05) is 0 Å². The number of halogens is 1. The van der Waals surface area contributed by atoms with Gasteiger partial charge in [0.2, 0.25) is 0 Å². The lowest BCUT2D eigenvalue weighted by molar-refractivity contribution is -0.256. The highest BCUT2D eigenvalue weighted by Crippen LogP contribution is 2.03. The van der Waals surface area contributed by atoms with Crippen LogP contribution in [0.5, 0.6) is 0 Å². The predicted molar refractivity (Wildman–Crippen MR) is 37.8 cm³/mol. The molecule has 1 unspecified atom stereocenters. The Balaban J connectivity index is 3.60. The maximum absolute atomic E-state index is 10.6. The molecular weight excluding hydrogens is 172 g/mol. The van der Waals surface area contributed by atoms with Gasteiger partial charge in [-0.15, -0.1) is 11.6 Å². The van der Waals surface area contributed by atoms with Gasteiger partial charge in [0.05, 0.1) is 0 Å². The standard InChI is InChI=1S/C6H9ClO4/c1-3-5(7)6(9)11-10-4(2)8/h5H,3H2,1-2H3. The number of alkyl halides is 1. The van der Waals surface area contributed by atoms with E-state index < -0.39 is 17.3 Å². The number of hydrogen-bond donors (Lipinski definition) is 0. The van der Waals surface area contributed by atoms with Gasteiger partial charge in [-0.3, -0.25) is 0 Å². The van der Waals surface area contributed by atoms with Crippen molar-refractivity contribution in [2.75, 3.05) is 0 Å². The van der Waals surface area contributed by atoms with Crippen LogP contribution in [0.1, 0.15) is 20.3 Å². The van der Waals surface area contributed by atoms with E-state index in [2.05, 4.69) is 9.78 Å². The SMILES string of the molecule is CCC(Cl)C(=O)OOC(C)=O. The smallest absolute Gasteiger partial charge is 0.248 e. The van der Waals surface area contributed by atoms with Crippen LogP contribution in [-0.4, -0.2) is 17.3 Å². The fourth-order valence-corrected chi connectivity index (χ4v) is 0.355. The Labute approximate surface area is 69.3 Å². The molecular formula is C6H9ClO4. The molecule has 0 rings (SSSR count). The first-order chi connectivity index (χ1) is 5.07. The second-order valence-electron chi connectivity index (χ2n) is 1.85. The third-order valence-corrected chi connectivity index (χ3v) is 1.34. The van der Waals surface area contributed by atoms with Crippen LogP contribution in [0.25, 0.3) is 0 Å². The van der Waals surface area contributed by atoms with Crippen LogP contribution in [-0.2, 0) is 19.4 Å². The van der Waals surface area contributed by atoms with Crippen LogP contribution < -0.4 is 0 Å². The Bertz CT molecular complexity index is 157. The van der Waals surface area contributed by atoms with Crippen LogP contribution in [0.15, 0.2) is 0 Å². The zero-order valence-electron chi connectivity index (χ0n) is 6.30. The summed E-state index contributed by atoms with van der Waals surface area (Å²) >= 11 is 5.43. The lowest BCUT2D eigenvalue weighted by Gasteiger charge is -2.03. The van der Waals surface area contributed by atoms with E-state index in [0.29, 0.717) is 6.42 Å². The van der Waals surface area contributed by atoms with Gasteiger partial charge in [0, 0.05) is 6.92 Å². The van der Waals surface area contributed by atoms with Crippen molar-refractivity contribution < 1.29 is 19.4 Å². The normalized spacial score (nSPS) is 11.9. The van der Waals surface area contributed by atoms with E-state index in [0.717, 1.165) is 6.92 Å². The average Bonchev–Trinajstić information content (AvgIpc) is 1.98. The first-order valence-electron chi connectivity index (χ1n) is 3.11. The maximum Gasteiger partial charge on any atom is 0.373 e. The molecule has 0 aliphatic carbocycles. The predicted octanol–water partition coefficient (Wildman–Crippen LogP) is 1.03. The van der Waals surface area contributed by atoms with Crippen molar-refractivity contribution in [1.29, 1.82) is 0 Å². The van der Waals surface area contributed by atoms with E-state index in [9.17, 15) is 9.59 Å². The molecule has 4 nitrogen and oxygen atoms in total. The summed E-state index contributed by atoms with van der Waals surface area (Å²) < 4.78 is 0. The molecule has 0 amide bonds.